The van der Waals surface area contributed by atoms with Gasteiger partial charge >= 0.3 is 0 Å². The molecule has 3 aromatic carbocycles. The minimum atomic E-state index is -3.94. The Morgan fingerprint density at radius 3 is 2.13 bits per heavy atom. The first kappa shape index (κ1) is 23.4. The van der Waals surface area contributed by atoms with Crippen LogP contribution in [-0.4, -0.2) is 25.2 Å². The van der Waals surface area contributed by atoms with E-state index in [4.69, 9.17) is 11.6 Å². The molecule has 1 N–H and O–H groups in total. The van der Waals surface area contributed by atoms with Crippen molar-refractivity contribution in [2.24, 2.45) is 0 Å². The summed E-state index contributed by atoms with van der Waals surface area (Å²) in [4.78, 5) is 12.6. The second kappa shape index (κ2) is 10.4. The summed E-state index contributed by atoms with van der Waals surface area (Å²) in [6.45, 7) is -0.214. The zero-order chi connectivity index (χ0) is 22.4. The van der Waals surface area contributed by atoms with Crippen LogP contribution in [-0.2, 0) is 27.9 Å². The second-order valence-electron chi connectivity index (χ2n) is 6.76. The Morgan fingerprint density at radius 1 is 0.935 bits per heavy atom. The molecule has 0 aliphatic carbocycles. The van der Waals surface area contributed by atoms with E-state index in [1.807, 2.05) is 0 Å². The van der Waals surface area contributed by atoms with E-state index in [9.17, 15) is 17.6 Å². The van der Waals surface area contributed by atoms with Crippen LogP contribution in [0.3, 0.4) is 0 Å². The van der Waals surface area contributed by atoms with Gasteiger partial charge in [-0.15, -0.1) is 0 Å². The molecule has 0 spiro atoms. The normalized spacial score (nSPS) is 11.5. The van der Waals surface area contributed by atoms with E-state index in [-0.39, 0.29) is 30.3 Å². The lowest BCUT2D eigenvalue weighted by Gasteiger charge is -2.22. The minimum Gasteiger partial charge on any atom is -0.351 e. The Balaban J connectivity index is 1.79. The van der Waals surface area contributed by atoms with Crippen LogP contribution in [0.15, 0.2) is 82.2 Å². The first-order valence-electron chi connectivity index (χ1n) is 9.25. The van der Waals surface area contributed by atoms with Gasteiger partial charge in [0.1, 0.15) is 5.82 Å². The van der Waals surface area contributed by atoms with Crippen molar-refractivity contribution in [3.8, 4) is 0 Å². The Labute approximate surface area is 194 Å². The van der Waals surface area contributed by atoms with Crippen molar-refractivity contribution in [1.82, 2.24) is 9.62 Å². The molecule has 0 bridgehead atoms. The quantitative estimate of drug-likeness (QED) is 0.462. The van der Waals surface area contributed by atoms with Gasteiger partial charge in [0.05, 0.1) is 11.4 Å². The summed E-state index contributed by atoms with van der Waals surface area (Å²) >= 11 is 9.21. The topological polar surface area (TPSA) is 66.5 Å². The highest BCUT2D eigenvalue weighted by molar-refractivity contribution is 9.10. The lowest BCUT2D eigenvalue weighted by atomic mass is 10.2. The monoisotopic (exact) mass is 524 g/mol. The maximum Gasteiger partial charge on any atom is 0.243 e. The fraction of sp³-hybridized carbons (Fsp3) is 0.136. The third-order valence-electron chi connectivity index (χ3n) is 4.45. The molecule has 0 saturated carbocycles. The number of hydrogen-bond donors (Lipinski definition) is 1. The summed E-state index contributed by atoms with van der Waals surface area (Å²) in [5.41, 5.74) is 1.39. The predicted molar refractivity (Wildman–Crippen MR) is 121 cm³/mol. The zero-order valence-corrected chi connectivity index (χ0v) is 19.4. The summed E-state index contributed by atoms with van der Waals surface area (Å²) in [6, 6.07) is 18.7. The molecule has 0 atom stereocenters. The molecular weight excluding hydrogens is 507 g/mol. The number of nitrogens with one attached hydrogen (secondary N) is 1. The smallest absolute Gasteiger partial charge is 0.243 e. The lowest BCUT2D eigenvalue weighted by molar-refractivity contribution is -0.121. The zero-order valence-electron chi connectivity index (χ0n) is 16.3. The van der Waals surface area contributed by atoms with Gasteiger partial charge in [0, 0.05) is 22.6 Å². The summed E-state index contributed by atoms with van der Waals surface area (Å²) < 4.78 is 41.3. The fourth-order valence-electron chi connectivity index (χ4n) is 2.79. The molecule has 0 saturated heterocycles. The van der Waals surface area contributed by atoms with Crippen molar-refractivity contribution in [3.05, 3.63) is 99.2 Å². The molecule has 5 nitrogen and oxygen atoms in total. The number of halogens is 3. The third kappa shape index (κ3) is 6.61. The molecule has 0 unspecified atom stereocenters. The number of nitrogens with zero attached hydrogens (tertiary/aromatic N) is 1. The van der Waals surface area contributed by atoms with Crippen molar-refractivity contribution in [1.29, 1.82) is 0 Å². The van der Waals surface area contributed by atoms with Crippen LogP contribution >= 0.6 is 27.5 Å². The third-order valence-corrected chi connectivity index (χ3v) is 7.03. The van der Waals surface area contributed by atoms with E-state index < -0.39 is 15.9 Å². The molecule has 0 aromatic heterocycles. The first-order chi connectivity index (χ1) is 14.7. The van der Waals surface area contributed by atoms with Gasteiger partial charge in [-0.3, -0.25) is 4.79 Å². The predicted octanol–water partition coefficient (Wildman–Crippen LogP) is 4.75. The molecule has 1 amide bonds. The molecule has 9 heteroatoms. The van der Waals surface area contributed by atoms with Crippen molar-refractivity contribution in [3.63, 3.8) is 0 Å². The molecule has 0 radical (unpaired) electrons. The lowest BCUT2D eigenvalue weighted by Crippen LogP contribution is -2.40. The van der Waals surface area contributed by atoms with E-state index >= 15 is 0 Å². The standard InChI is InChI=1S/C22H19BrClFN2O3S/c23-18-5-11-21(12-6-18)31(29,30)27(14-17-1-7-19(24)8-2-17)15-22(28)26-13-16-3-9-20(25)10-4-16/h1-12H,13-15H2,(H,26,28). The van der Waals surface area contributed by atoms with Crippen molar-refractivity contribution < 1.29 is 17.6 Å². The summed E-state index contributed by atoms with van der Waals surface area (Å²) in [5.74, 6) is -0.844. The number of rotatable bonds is 8. The highest BCUT2D eigenvalue weighted by Crippen LogP contribution is 2.21. The van der Waals surface area contributed by atoms with Crippen LogP contribution in [0.1, 0.15) is 11.1 Å². The van der Waals surface area contributed by atoms with Crippen LogP contribution in [0.5, 0.6) is 0 Å². The molecular formula is C22H19BrClFN2O3S. The van der Waals surface area contributed by atoms with Crippen LogP contribution in [0.2, 0.25) is 5.02 Å². The maximum absolute atomic E-state index is 13.2. The first-order valence-corrected chi connectivity index (χ1v) is 11.9. The maximum atomic E-state index is 13.2. The summed E-state index contributed by atoms with van der Waals surface area (Å²) in [7, 11) is -3.94. The van der Waals surface area contributed by atoms with E-state index in [1.54, 1.807) is 48.5 Å². The molecule has 3 rings (SSSR count). The number of amides is 1. The number of carbonyl (C=O) groups is 1. The molecule has 0 heterocycles. The summed E-state index contributed by atoms with van der Waals surface area (Å²) in [5, 5.41) is 3.21. The van der Waals surface area contributed by atoms with E-state index in [1.165, 1.54) is 24.3 Å². The highest BCUT2D eigenvalue weighted by Gasteiger charge is 2.27. The van der Waals surface area contributed by atoms with E-state index in [0.29, 0.717) is 16.1 Å². The Morgan fingerprint density at radius 2 is 1.52 bits per heavy atom. The van der Waals surface area contributed by atoms with Crippen LogP contribution in [0, 0.1) is 5.82 Å². The highest BCUT2D eigenvalue weighted by atomic mass is 79.9. The van der Waals surface area contributed by atoms with Gasteiger partial charge in [-0.2, -0.15) is 4.31 Å². The molecule has 162 valence electrons. The molecule has 3 aromatic rings. The number of benzene rings is 3. The van der Waals surface area contributed by atoms with E-state index in [0.717, 1.165) is 8.78 Å². The van der Waals surface area contributed by atoms with Gasteiger partial charge in [0.15, 0.2) is 0 Å². The SMILES string of the molecule is O=C(CN(Cc1ccc(Cl)cc1)S(=O)(=O)c1ccc(Br)cc1)NCc1ccc(F)cc1. The van der Waals surface area contributed by atoms with Crippen molar-refractivity contribution in [2.75, 3.05) is 6.54 Å². The van der Waals surface area contributed by atoms with Crippen LogP contribution in [0.4, 0.5) is 4.39 Å². The minimum absolute atomic E-state index is 0.000462. The number of hydrogen-bond acceptors (Lipinski definition) is 3. The van der Waals surface area contributed by atoms with Gasteiger partial charge in [0.2, 0.25) is 15.9 Å². The second-order valence-corrected chi connectivity index (χ2v) is 10.0. The molecule has 0 aliphatic rings. The Bertz CT molecular complexity index is 1140. The van der Waals surface area contributed by atoms with Gasteiger partial charge < -0.3 is 5.32 Å². The average molecular weight is 526 g/mol. The Hall–Kier alpha value is -2.26. The average Bonchev–Trinajstić information content (AvgIpc) is 2.74. The molecule has 0 aliphatic heterocycles. The number of carbonyl (C=O) groups excluding carboxylic acids is 1. The molecule has 0 fully saturated rings. The van der Waals surface area contributed by atoms with Gasteiger partial charge in [-0.1, -0.05) is 51.8 Å². The van der Waals surface area contributed by atoms with Crippen molar-refractivity contribution in [2.45, 2.75) is 18.0 Å². The molecule has 31 heavy (non-hydrogen) atoms. The van der Waals surface area contributed by atoms with Crippen LogP contribution < -0.4 is 5.32 Å². The van der Waals surface area contributed by atoms with E-state index in [2.05, 4.69) is 21.2 Å². The fourth-order valence-corrected chi connectivity index (χ4v) is 4.57. The van der Waals surface area contributed by atoms with Crippen molar-refractivity contribution >= 4 is 43.5 Å². The van der Waals surface area contributed by atoms with Gasteiger partial charge in [0.25, 0.3) is 0 Å². The van der Waals surface area contributed by atoms with Gasteiger partial charge in [-0.05, 0) is 59.7 Å². The Kier molecular flexibility index (Phi) is 7.83. The van der Waals surface area contributed by atoms with Crippen LogP contribution in [0.25, 0.3) is 0 Å². The largest absolute Gasteiger partial charge is 0.351 e. The summed E-state index contributed by atoms with van der Waals surface area (Å²) in [6.07, 6.45) is 0. The van der Waals surface area contributed by atoms with Gasteiger partial charge in [-0.25, -0.2) is 12.8 Å². The number of sulfonamides is 1.